The lowest BCUT2D eigenvalue weighted by Crippen LogP contribution is -2.27. The molecule has 0 fully saturated rings. The summed E-state index contributed by atoms with van der Waals surface area (Å²) in [6.07, 6.45) is 9.94. The van der Waals surface area contributed by atoms with E-state index in [1.807, 2.05) is 12.4 Å². The van der Waals surface area contributed by atoms with E-state index in [0.717, 1.165) is 5.56 Å². The zero-order chi connectivity index (χ0) is 29.6. The van der Waals surface area contributed by atoms with Crippen LogP contribution in [0, 0.1) is 0 Å². The monoisotopic (exact) mass is 562 g/mol. The lowest BCUT2D eigenvalue weighted by Gasteiger charge is -2.18. The number of hydrogen-bond donors (Lipinski definition) is 0. The molecule has 7 aromatic carbocycles. The van der Waals surface area contributed by atoms with E-state index >= 15 is 0 Å². The van der Waals surface area contributed by atoms with Crippen LogP contribution in [0.3, 0.4) is 0 Å². The van der Waals surface area contributed by atoms with Gasteiger partial charge < -0.3 is 0 Å². The minimum absolute atomic E-state index is 1.03. The third-order valence-corrected chi connectivity index (χ3v) is 8.93. The summed E-state index contributed by atoms with van der Waals surface area (Å²) in [4.78, 5) is 8.70. The van der Waals surface area contributed by atoms with Crippen LogP contribution in [0.25, 0.3) is 88.6 Å². The summed E-state index contributed by atoms with van der Waals surface area (Å²) in [6, 6.07) is 42.2. The van der Waals surface area contributed by atoms with Gasteiger partial charge >= 0.3 is 0 Å². The summed E-state index contributed by atoms with van der Waals surface area (Å²) >= 11 is 0. The van der Waals surface area contributed by atoms with Crippen molar-refractivity contribution in [2.45, 2.75) is 13.8 Å². The van der Waals surface area contributed by atoms with Gasteiger partial charge in [-0.15, -0.1) is 0 Å². The molecule has 1 aromatic heterocycles. The average Bonchev–Trinajstić information content (AvgIpc) is 3.09. The van der Waals surface area contributed by atoms with E-state index in [1.54, 1.807) is 6.33 Å². The largest absolute Gasteiger partial charge is 0.244 e. The fourth-order valence-electron chi connectivity index (χ4n) is 6.99. The van der Waals surface area contributed by atoms with Gasteiger partial charge in [-0.25, -0.2) is 9.97 Å². The highest BCUT2D eigenvalue weighted by Crippen LogP contribution is 2.43. The van der Waals surface area contributed by atoms with E-state index in [-0.39, 0.29) is 0 Å². The maximum absolute atomic E-state index is 4.35. The Morgan fingerprint density at radius 2 is 0.977 bits per heavy atom. The molecule has 2 nitrogen and oxygen atoms in total. The molecule has 0 aliphatic rings. The van der Waals surface area contributed by atoms with Crippen LogP contribution < -0.4 is 10.4 Å². The minimum Gasteiger partial charge on any atom is -0.244 e. The zero-order valence-electron chi connectivity index (χ0n) is 24.8. The van der Waals surface area contributed by atoms with Crippen molar-refractivity contribution in [2.24, 2.45) is 0 Å². The van der Waals surface area contributed by atoms with Gasteiger partial charge in [-0.2, -0.15) is 0 Å². The molecule has 0 unspecified atom stereocenters. The van der Waals surface area contributed by atoms with Gasteiger partial charge in [0.25, 0.3) is 0 Å². The molecule has 0 aliphatic heterocycles. The fraction of sp³-hybridized carbons (Fsp3) is 0.0476. The van der Waals surface area contributed by atoms with E-state index in [0.29, 0.717) is 0 Å². The number of benzene rings is 7. The topological polar surface area (TPSA) is 25.8 Å². The van der Waals surface area contributed by atoms with E-state index < -0.39 is 0 Å². The predicted molar refractivity (Wildman–Crippen MR) is 188 cm³/mol. The first kappa shape index (κ1) is 26.1. The molecule has 0 atom stereocenters. The molecule has 1 heterocycles. The Hall–Kier alpha value is -5.60. The summed E-state index contributed by atoms with van der Waals surface area (Å²) in [6.45, 7) is 4.30. The second-order valence-electron chi connectivity index (χ2n) is 11.3. The fourth-order valence-corrected chi connectivity index (χ4v) is 6.99. The molecule has 2 heteroatoms. The molecule has 0 saturated heterocycles. The first-order valence-electron chi connectivity index (χ1n) is 15.1. The van der Waals surface area contributed by atoms with E-state index in [4.69, 9.17) is 0 Å². The second kappa shape index (κ2) is 10.6. The van der Waals surface area contributed by atoms with Crippen molar-refractivity contribution >= 4 is 55.2 Å². The molecule has 0 saturated carbocycles. The van der Waals surface area contributed by atoms with Crippen molar-refractivity contribution in [1.82, 2.24) is 9.97 Å². The summed E-state index contributed by atoms with van der Waals surface area (Å²) in [5.41, 5.74) is 7.16. The van der Waals surface area contributed by atoms with Gasteiger partial charge in [0.1, 0.15) is 6.33 Å². The van der Waals surface area contributed by atoms with Crippen molar-refractivity contribution in [3.8, 4) is 33.4 Å². The first-order chi connectivity index (χ1) is 21.7. The highest BCUT2D eigenvalue weighted by molar-refractivity contribution is 6.21. The highest BCUT2D eigenvalue weighted by Gasteiger charge is 2.17. The van der Waals surface area contributed by atoms with Crippen molar-refractivity contribution in [1.29, 1.82) is 0 Å². The Kier molecular flexibility index (Phi) is 6.27. The van der Waals surface area contributed by atoms with Gasteiger partial charge in [-0.05, 0) is 108 Å². The van der Waals surface area contributed by atoms with Gasteiger partial charge in [0.05, 0.1) is 0 Å². The zero-order valence-corrected chi connectivity index (χ0v) is 24.8. The summed E-state index contributed by atoms with van der Waals surface area (Å²) in [5.74, 6) is 0. The number of fused-ring (bicyclic) bond motifs is 4. The Bertz CT molecular complexity index is 2450. The van der Waals surface area contributed by atoms with Gasteiger partial charge in [0.2, 0.25) is 0 Å². The Morgan fingerprint density at radius 1 is 0.432 bits per heavy atom. The maximum Gasteiger partial charge on any atom is 0.115 e. The highest BCUT2D eigenvalue weighted by atomic mass is 14.8. The van der Waals surface area contributed by atoms with Crippen LogP contribution >= 0.6 is 0 Å². The molecule has 0 amide bonds. The lowest BCUT2D eigenvalue weighted by molar-refractivity contribution is 1.17. The molecular weight excluding hydrogens is 532 g/mol. The third kappa shape index (κ3) is 4.11. The summed E-state index contributed by atoms with van der Waals surface area (Å²) in [7, 11) is 0. The van der Waals surface area contributed by atoms with Crippen molar-refractivity contribution in [2.75, 3.05) is 0 Å². The molecule has 0 N–H and O–H groups in total. The summed E-state index contributed by atoms with van der Waals surface area (Å²) in [5, 5.41) is 12.4. The second-order valence-corrected chi connectivity index (χ2v) is 11.3. The number of hydrogen-bond acceptors (Lipinski definition) is 2. The maximum atomic E-state index is 4.35. The van der Waals surface area contributed by atoms with E-state index in [1.165, 1.54) is 81.3 Å². The third-order valence-electron chi connectivity index (χ3n) is 8.93. The molecule has 0 spiro atoms. The van der Waals surface area contributed by atoms with Crippen LogP contribution in [0.4, 0.5) is 0 Å². The average molecular weight is 563 g/mol. The van der Waals surface area contributed by atoms with Crippen LogP contribution in [0.5, 0.6) is 0 Å². The molecule has 8 aromatic rings. The van der Waals surface area contributed by atoms with Crippen LogP contribution in [0.15, 0.2) is 134 Å². The van der Waals surface area contributed by atoms with E-state index in [2.05, 4.69) is 151 Å². The van der Waals surface area contributed by atoms with Gasteiger partial charge in [0, 0.05) is 23.5 Å². The van der Waals surface area contributed by atoms with Crippen LogP contribution in [0.2, 0.25) is 0 Å². The molecule has 0 bridgehead atoms. The standard InChI is InChI=1S/C42H30N2/c1-3-33-34(4-2)40-23-31(20-19-30(40)22-39(33)29-18-17-27-11-5-6-12-28(27)21-29)41-35-13-7-9-15-37(35)42(32-24-43-26-44-25-32)38-16-10-8-14-36(38)41/h3-26H,1-2H3/b33-3+,34-4+. The number of nitrogens with zero attached hydrogens (tertiary/aromatic N) is 2. The molecule has 8 rings (SSSR count). The smallest absolute Gasteiger partial charge is 0.115 e. The van der Waals surface area contributed by atoms with Gasteiger partial charge in [0.15, 0.2) is 0 Å². The van der Waals surface area contributed by atoms with Crippen molar-refractivity contribution in [3.63, 3.8) is 0 Å². The van der Waals surface area contributed by atoms with Crippen LogP contribution in [0.1, 0.15) is 13.8 Å². The van der Waals surface area contributed by atoms with E-state index in [9.17, 15) is 0 Å². The molecule has 0 radical (unpaired) electrons. The van der Waals surface area contributed by atoms with Crippen LogP contribution in [-0.4, -0.2) is 9.97 Å². The van der Waals surface area contributed by atoms with Gasteiger partial charge in [-0.3, -0.25) is 0 Å². The Labute approximate surface area is 256 Å². The number of aromatic nitrogens is 2. The molecular formula is C42H30N2. The summed E-state index contributed by atoms with van der Waals surface area (Å²) < 4.78 is 0. The lowest BCUT2D eigenvalue weighted by atomic mass is 9.85. The quantitative estimate of drug-likeness (QED) is 0.200. The minimum atomic E-state index is 1.03. The molecule has 44 heavy (non-hydrogen) atoms. The van der Waals surface area contributed by atoms with Crippen LogP contribution in [-0.2, 0) is 0 Å². The molecule has 0 aliphatic carbocycles. The first-order valence-corrected chi connectivity index (χ1v) is 15.1. The van der Waals surface area contributed by atoms with Crippen molar-refractivity contribution < 1.29 is 0 Å². The Balaban J connectivity index is 1.42. The molecule has 208 valence electrons. The number of rotatable bonds is 3. The SMILES string of the molecule is C/C=c1/c(-c2ccc3ccccc3c2)cc2ccc(-c3c4ccccc4c(-c4cncnc4)c4ccccc34)cc2/c1=C/C. The normalized spacial score (nSPS) is 12.6. The van der Waals surface area contributed by atoms with Gasteiger partial charge in [-0.1, -0.05) is 109 Å². The predicted octanol–water partition coefficient (Wildman–Crippen LogP) is 9.69. The van der Waals surface area contributed by atoms with Crippen molar-refractivity contribution in [3.05, 3.63) is 144 Å². The Morgan fingerprint density at radius 3 is 1.61 bits per heavy atom.